The van der Waals surface area contributed by atoms with Crippen molar-refractivity contribution < 1.29 is 14.3 Å². The molecule has 0 radical (unpaired) electrons. The maximum Gasteiger partial charge on any atom is 0.328 e. The third kappa shape index (κ3) is 3.26. The molecule has 1 aromatic carbocycles. The van der Waals surface area contributed by atoms with E-state index in [0.717, 1.165) is 12.8 Å². The minimum atomic E-state index is -0.779. The normalized spacial score (nSPS) is 15.0. The second kappa shape index (κ2) is 6.60. The van der Waals surface area contributed by atoms with E-state index < -0.39 is 17.9 Å². The van der Waals surface area contributed by atoms with Crippen molar-refractivity contribution in [3.05, 3.63) is 40.9 Å². The first-order chi connectivity index (χ1) is 11.5. The van der Waals surface area contributed by atoms with E-state index >= 15 is 0 Å². The molecule has 1 heterocycles. The van der Waals surface area contributed by atoms with E-state index in [0.29, 0.717) is 16.5 Å². The van der Waals surface area contributed by atoms with Crippen LogP contribution in [-0.4, -0.2) is 39.8 Å². The fourth-order valence-corrected chi connectivity index (χ4v) is 2.54. The Bertz CT molecular complexity index is 785. The lowest BCUT2D eigenvalue weighted by molar-refractivity contribution is -0.142. The predicted molar refractivity (Wildman–Crippen MR) is 87.3 cm³/mol. The van der Waals surface area contributed by atoms with Crippen LogP contribution in [-0.2, 0) is 9.53 Å². The topological polar surface area (TPSA) is 86.1 Å². The highest BCUT2D eigenvalue weighted by atomic mass is 35.5. The van der Waals surface area contributed by atoms with E-state index in [4.69, 9.17) is 11.6 Å². The average molecular weight is 349 g/mol. The monoisotopic (exact) mass is 348 g/mol. The van der Waals surface area contributed by atoms with Gasteiger partial charge in [0, 0.05) is 5.92 Å². The number of ether oxygens (including phenoxy) is 1. The number of aromatic nitrogens is 3. The number of hydrogen-bond donors (Lipinski definition) is 1. The van der Waals surface area contributed by atoms with Crippen LogP contribution in [0.15, 0.2) is 24.3 Å². The Morgan fingerprint density at radius 3 is 2.71 bits per heavy atom. The third-order valence-corrected chi connectivity index (χ3v) is 4.08. The SMILES string of the molecule is COC(=O)[C@@H](C)NC(=O)c1nc(C2CC2)n(-c2ccccc2Cl)n1. The quantitative estimate of drug-likeness (QED) is 0.836. The van der Waals surface area contributed by atoms with Gasteiger partial charge in [-0.3, -0.25) is 4.79 Å². The molecule has 1 aliphatic rings. The van der Waals surface area contributed by atoms with Crippen molar-refractivity contribution in [1.29, 1.82) is 0 Å². The van der Waals surface area contributed by atoms with Crippen LogP contribution in [0, 0.1) is 0 Å². The Kier molecular flexibility index (Phi) is 4.53. The van der Waals surface area contributed by atoms with Crippen LogP contribution in [0.2, 0.25) is 5.02 Å². The Balaban J connectivity index is 1.91. The molecule has 1 fully saturated rings. The van der Waals surface area contributed by atoms with Crippen molar-refractivity contribution in [3.8, 4) is 5.69 Å². The standard InChI is InChI=1S/C16H17ClN4O3/c1-9(16(23)24-2)18-15(22)13-19-14(10-7-8-10)21(20-13)12-6-4-3-5-11(12)17/h3-6,9-10H,7-8H2,1-2H3,(H,18,22)/t9-/m1/s1. The summed E-state index contributed by atoms with van der Waals surface area (Å²) in [5.74, 6) is -0.0724. The zero-order valence-corrected chi connectivity index (χ0v) is 14.1. The lowest BCUT2D eigenvalue weighted by Crippen LogP contribution is -2.39. The summed E-state index contributed by atoms with van der Waals surface area (Å²) in [5, 5.41) is 7.35. The van der Waals surface area contributed by atoms with E-state index in [9.17, 15) is 9.59 Å². The summed E-state index contributed by atoms with van der Waals surface area (Å²) in [6.45, 7) is 1.54. The number of hydrogen-bond acceptors (Lipinski definition) is 5. The minimum Gasteiger partial charge on any atom is -0.467 e. The van der Waals surface area contributed by atoms with Gasteiger partial charge in [0.05, 0.1) is 17.8 Å². The number of carbonyl (C=O) groups excluding carboxylic acids is 2. The molecule has 2 aromatic rings. The van der Waals surface area contributed by atoms with Gasteiger partial charge in [-0.25, -0.2) is 14.5 Å². The number of amides is 1. The van der Waals surface area contributed by atoms with Gasteiger partial charge in [-0.05, 0) is 31.9 Å². The molecule has 3 rings (SSSR count). The number of para-hydroxylation sites is 1. The van der Waals surface area contributed by atoms with Gasteiger partial charge in [0.15, 0.2) is 0 Å². The molecule has 0 unspecified atom stereocenters. The van der Waals surface area contributed by atoms with Gasteiger partial charge < -0.3 is 10.1 Å². The van der Waals surface area contributed by atoms with E-state index in [1.54, 1.807) is 10.7 Å². The molecule has 1 N–H and O–H groups in total. The molecule has 7 nitrogen and oxygen atoms in total. The van der Waals surface area contributed by atoms with Crippen molar-refractivity contribution in [2.75, 3.05) is 7.11 Å². The first-order valence-electron chi connectivity index (χ1n) is 7.61. The van der Waals surface area contributed by atoms with Crippen LogP contribution in [0.5, 0.6) is 0 Å². The molecular formula is C16H17ClN4O3. The van der Waals surface area contributed by atoms with Crippen LogP contribution < -0.4 is 5.32 Å². The zero-order chi connectivity index (χ0) is 17.3. The fourth-order valence-electron chi connectivity index (χ4n) is 2.32. The summed E-state index contributed by atoms with van der Waals surface area (Å²) >= 11 is 6.24. The summed E-state index contributed by atoms with van der Waals surface area (Å²) in [7, 11) is 1.26. The van der Waals surface area contributed by atoms with Gasteiger partial charge in [-0.1, -0.05) is 23.7 Å². The van der Waals surface area contributed by atoms with Gasteiger partial charge >= 0.3 is 5.97 Å². The Labute approximate surface area is 144 Å². The highest BCUT2D eigenvalue weighted by Gasteiger charge is 2.32. The lowest BCUT2D eigenvalue weighted by atomic mass is 10.3. The van der Waals surface area contributed by atoms with Crippen molar-refractivity contribution in [2.45, 2.75) is 31.7 Å². The molecule has 126 valence electrons. The molecule has 1 aliphatic carbocycles. The molecular weight excluding hydrogens is 332 g/mol. The van der Waals surface area contributed by atoms with E-state index in [2.05, 4.69) is 20.1 Å². The van der Waals surface area contributed by atoms with Crippen LogP contribution in [0.1, 0.15) is 42.1 Å². The van der Waals surface area contributed by atoms with Crippen molar-refractivity contribution in [2.24, 2.45) is 0 Å². The predicted octanol–water partition coefficient (Wildman–Crippen LogP) is 2.09. The van der Waals surface area contributed by atoms with Crippen LogP contribution >= 0.6 is 11.6 Å². The smallest absolute Gasteiger partial charge is 0.328 e. The molecule has 1 saturated carbocycles. The van der Waals surface area contributed by atoms with Crippen LogP contribution in [0.4, 0.5) is 0 Å². The number of nitrogens with zero attached hydrogens (tertiary/aromatic N) is 3. The summed E-state index contributed by atoms with van der Waals surface area (Å²) in [6, 6.07) is 6.47. The van der Waals surface area contributed by atoms with E-state index in [1.165, 1.54) is 14.0 Å². The number of rotatable bonds is 5. The first kappa shape index (κ1) is 16.4. The first-order valence-corrected chi connectivity index (χ1v) is 7.99. The Morgan fingerprint density at radius 2 is 2.08 bits per heavy atom. The maximum atomic E-state index is 12.3. The van der Waals surface area contributed by atoms with Gasteiger partial charge in [0.2, 0.25) is 5.82 Å². The zero-order valence-electron chi connectivity index (χ0n) is 13.3. The second-order valence-electron chi connectivity index (χ2n) is 5.65. The fraction of sp³-hybridized carbons (Fsp3) is 0.375. The van der Waals surface area contributed by atoms with Crippen molar-refractivity contribution in [3.63, 3.8) is 0 Å². The Hall–Kier alpha value is -2.41. The van der Waals surface area contributed by atoms with Gasteiger partial charge in [-0.15, -0.1) is 5.10 Å². The molecule has 8 heteroatoms. The van der Waals surface area contributed by atoms with Crippen LogP contribution in [0.3, 0.4) is 0 Å². The number of esters is 1. The highest BCUT2D eigenvalue weighted by Crippen LogP contribution is 2.40. The van der Waals surface area contributed by atoms with Crippen molar-refractivity contribution in [1.82, 2.24) is 20.1 Å². The summed E-state index contributed by atoms with van der Waals surface area (Å²) in [5.41, 5.74) is 0.675. The number of methoxy groups -OCH3 is 1. The highest BCUT2D eigenvalue weighted by molar-refractivity contribution is 6.32. The summed E-state index contributed by atoms with van der Waals surface area (Å²) < 4.78 is 6.20. The van der Waals surface area contributed by atoms with E-state index in [1.807, 2.05) is 18.2 Å². The molecule has 24 heavy (non-hydrogen) atoms. The number of halogens is 1. The van der Waals surface area contributed by atoms with Crippen LogP contribution in [0.25, 0.3) is 5.69 Å². The van der Waals surface area contributed by atoms with Crippen molar-refractivity contribution >= 4 is 23.5 Å². The maximum absolute atomic E-state index is 12.3. The van der Waals surface area contributed by atoms with Gasteiger partial charge in [-0.2, -0.15) is 0 Å². The van der Waals surface area contributed by atoms with E-state index in [-0.39, 0.29) is 11.7 Å². The molecule has 0 saturated heterocycles. The average Bonchev–Trinajstić information content (AvgIpc) is 3.33. The molecule has 1 atom stereocenters. The van der Waals surface area contributed by atoms with Gasteiger partial charge in [0.25, 0.3) is 5.91 Å². The summed E-state index contributed by atoms with van der Waals surface area (Å²) in [4.78, 5) is 28.1. The molecule has 0 bridgehead atoms. The largest absolute Gasteiger partial charge is 0.467 e. The molecule has 0 aliphatic heterocycles. The lowest BCUT2D eigenvalue weighted by Gasteiger charge is -2.09. The molecule has 1 aromatic heterocycles. The minimum absolute atomic E-state index is 0.00701. The molecule has 1 amide bonds. The third-order valence-electron chi connectivity index (χ3n) is 3.76. The molecule has 0 spiro atoms. The van der Waals surface area contributed by atoms with Gasteiger partial charge in [0.1, 0.15) is 11.9 Å². The number of nitrogens with one attached hydrogen (secondary N) is 1. The number of benzene rings is 1. The second-order valence-corrected chi connectivity index (χ2v) is 6.06. The summed E-state index contributed by atoms with van der Waals surface area (Å²) in [6.07, 6.45) is 2.01. The Morgan fingerprint density at radius 1 is 1.38 bits per heavy atom. The number of carbonyl (C=O) groups is 2.